The number of nitrogens with zero attached hydrogens (tertiary/aromatic N) is 1. The smallest absolute Gasteiger partial charge is 0.406 e. The van der Waals surface area contributed by atoms with Crippen LogP contribution in [-0.4, -0.2) is 25.7 Å². The zero-order valence-corrected chi connectivity index (χ0v) is 12.1. The van der Waals surface area contributed by atoms with Gasteiger partial charge in [-0.3, -0.25) is 9.78 Å². The van der Waals surface area contributed by atoms with Crippen LogP contribution in [0.15, 0.2) is 53.6 Å². The quantitative estimate of drug-likeness (QED) is 0.916. The number of amides is 1. The Morgan fingerprint density at radius 2 is 1.74 bits per heavy atom. The first kappa shape index (κ1) is 16.7. The third-order valence-corrected chi connectivity index (χ3v) is 3.84. The molecule has 0 aliphatic heterocycles. The zero-order chi connectivity index (χ0) is 17.1. The number of nitrogens with one attached hydrogen (secondary N) is 1. The number of benzene rings is 1. The molecule has 2 aromatic rings. The van der Waals surface area contributed by atoms with Crippen molar-refractivity contribution in [3.8, 4) is 5.75 Å². The van der Waals surface area contributed by atoms with Crippen LogP contribution in [0.5, 0.6) is 5.75 Å². The lowest BCUT2D eigenvalue weighted by Gasteiger charge is -2.10. The van der Waals surface area contributed by atoms with Crippen molar-refractivity contribution in [2.75, 3.05) is 0 Å². The second-order valence-electron chi connectivity index (χ2n) is 4.17. The normalized spacial score (nSPS) is 11.8. The monoisotopic (exact) mass is 346 g/mol. The lowest BCUT2D eigenvalue weighted by molar-refractivity contribution is -0.274. The molecule has 6 nitrogen and oxygen atoms in total. The first-order valence-electron chi connectivity index (χ1n) is 6.01. The Hall–Kier alpha value is -2.62. The molecule has 1 amide bonds. The maximum Gasteiger partial charge on any atom is 0.573 e. The highest BCUT2D eigenvalue weighted by atomic mass is 32.2. The van der Waals surface area contributed by atoms with Crippen molar-refractivity contribution in [3.05, 3.63) is 54.4 Å². The van der Waals surface area contributed by atoms with Gasteiger partial charge >= 0.3 is 6.36 Å². The molecular weight excluding hydrogens is 337 g/mol. The fraction of sp³-hybridized carbons (Fsp3) is 0.0769. The van der Waals surface area contributed by atoms with Crippen molar-refractivity contribution in [2.45, 2.75) is 11.3 Å². The molecule has 0 saturated heterocycles. The maximum absolute atomic E-state index is 12.0. The van der Waals surface area contributed by atoms with Gasteiger partial charge in [0, 0.05) is 6.20 Å². The highest BCUT2D eigenvalue weighted by Gasteiger charge is 2.31. The summed E-state index contributed by atoms with van der Waals surface area (Å²) in [6.45, 7) is 0. The minimum atomic E-state index is -4.88. The summed E-state index contributed by atoms with van der Waals surface area (Å²) in [5.41, 5.74) is -0.118. The molecule has 23 heavy (non-hydrogen) atoms. The molecule has 1 heterocycles. The minimum absolute atomic E-state index is 0.118. The number of halogens is 3. The Kier molecular flexibility index (Phi) is 4.55. The fourth-order valence-corrected chi connectivity index (χ4v) is 2.51. The molecule has 0 unspecified atom stereocenters. The van der Waals surface area contributed by atoms with Gasteiger partial charge in [0.2, 0.25) is 0 Å². The number of sulfonamides is 1. The van der Waals surface area contributed by atoms with Gasteiger partial charge in [0.15, 0.2) is 0 Å². The SMILES string of the molecule is O=C(NS(=O)(=O)c1ccc(OC(F)(F)F)cc1)c1ccccn1. The maximum atomic E-state index is 12.0. The summed E-state index contributed by atoms with van der Waals surface area (Å²) < 4.78 is 65.5. The van der Waals surface area contributed by atoms with E-state index in [1.54, 1.807) is 10.8 Å². The predicted octanol–water partition coefficient (Wildman–Crippen LogP) is 2.10. The average Bonchev–Trinajstić information content (AvgIpc) is 2.46. The molecule has 0 radical (unpaired) electrons. The molecule has 0 aliphatic rings. The second kappa shape index (κ2) is 6.24. The van der Waals surface area contributed by atoms with E-state index in [4.69, 9.17) is 0 Å². The number of hydrogen-bond donors (Lipinski definition) is 1. The number of rotatable bonds is 4. The summed E-state index contributed by atoms with van der Waals surface area (Å²) in [5.74, 6) is -1.53. The van der Waals surface area contributed by atoms with Crippen LogP contribution in [0.4, 0.5) is 13.2 Å². The van der Waals surface area contributed by atoms with Crippen LogP contribution >= 0.6 is 0 Å². The summed E-state index contributed by atoms with van der Waals surface area (Å²) in [7, 11) is -4.24. The number of carbonyl (C=O) groups excluding carboxylic acids is 1. The number of ether oxygens (including phenoxy) is 1. The highest BCUT2D eigenvalue weighted by Crippen LogP contribution is 2.23. The Labute approximate surface area is 129 Å². The van der Waals surface area contributed by atoms with E-state index < -0.39 is 32.9 Å². The Morgan fingerprint density at radius 3 is 2.26 bits per heavy atom. The molecule has 10 heteroatoms. The molecule has 0 atom stereocenters. The number of alkyl halides is 3. The van der Waals surface area contributed by atoms with Crippen molar-refractivity contribution in [3.63, 3.8) is 0 Å². The van der Waals surface area contributed by atoms with Crippen molar-refractivity contribution < 1.29 is 31.1 Å². The molecule has 1 N–H and O–H groups in total. The molecule has 1 aromatic heterocycles. The number of pyridine rings is 1. The van der Waals surface area contributed by atoms with Crippen LogP contribution in [0.1, 0.15) is 10.5 Å². The average molecular weight is 346 g/mol. The molecule has 0 aliphatic carbocycles. The third-order valence-electron chi connectivity index (χ3n) is 2.49. The topological polar surface area (TPSA) is 85.4 Å². The van der Waals surface area contributed by atoms with E-state index in [-0.39, 0.29) is 5.69 Å². The van der Waals surface area contributed by atoms with Crippen LogP contribution in [0.2, 0.25) is 0 Å². The fourth-order valence-electron chi connectivity index (χ4n) is 1.55. The summed E-state index contributed by atoms with van der Waals surface area (Å²) in [5, 5.41) is 0. The van der Waals surface area contributed by atoms with Crippen LogP contribution in [0, 0.1) is 0 Å². The summed E-state index contributed by atoms with van der Waals surface area (Å²) in [4.78, 5) is 15.1. The van der Waals surface area contributed by atoms with Crippen molar-refractivity contribution in [1.29, 1.82) is 0 Å². The predicted molar refractivity (Wildman–Crippen MR) is 72.0 cm³/mol. The number of carbonyl (C=O) groups is 1. The molecule has 2 rings (SSSR count). The van der Waals surface area contributed by atoms with Crippen LogP contribution in [0.3, 0.4) is 0 Å². The second-order valence-corrected chi connectivity index (χ2v) is 5.85. The van der Waals surface area contributed by atoms with Crippen LogP contribution in [-0.2, 0) is 10.0 Å². The Bertz CT molecular complexity index is 790. The first-order valence-corrected chi connectivity index (χ1v) is 7.50. The van der Waals surface area contributed by atoms with Crippen molar-refractivity contribution in [1.82, 2.24) is 9.71 Å². The van der Waals surface area contributed by atoms with Crippen molar-refractivity contribution in [2.24, 2.45) is 0 Å². The third kappa shape index (κ3) is 4.68. The highest BCUT2D eigenvalue weighted by molar-refractivity contribution is 7.90. The summed E-state index contributed by atoms with van der Waals surface area (Å²) >= 11 is 0. The van der Waals surface area contributed by atoms with E-state index in [1.807, 2.05) is 0 Å². The van der Waals surface area contributed by atoms with Gasteiger partial charge in [0.1, 0.15) is 11.4 Å². The van der Waals surface area contributed by atoms with E-state index in [9.17, 15) is 26.4 Å². The van der Waals surface area contributed by atoms with Gasteiger partial charge in [-0.2, -0.15) is 0 Å². The van der Waals surface area contributed by atoms with Gasteiger partial charge in [0.25, 0.3) is 15.9 Å². The lowest BCUT2D eigenvalue weighted by atomic mass is 10.3. The molecule has 0 bridgehead atoms. The molecule has 0 spiro atoms. The van der Waals surface area contributed by atoms with E-state index >= 15 is 0 Å². The molecule has 1 aromatic carbocycles. The van der Waals surface area contributed by atoms with Gasteiger partial charge in [-0.05, 0) is 36.4 Å². The van der Waals surface area contributed by atoms with Crippen LogP contribution < -0.4 is 9.46 Å². The largest absolute Gasteiger partial charge is 0.573 e. The molecule has 0 saturated carbocycles. The van der Waals surface area contributed by atoms with Gasteiger partial charge in [-0.1, -0.05) is 6.07 Å². The Morgan fingerprint density at radius 1 is 1.09 bits per heavy atom. The lowest BCUT2D eigenvalue weighted by Crippen LogP contribution is -2.31. The van der Waals surface area contributed by atoms with E-state index in [1.165, 1.54) is 18.3 Å². The van der Waals surface area contributed by atoms with Gasteiger partial charge in [-0.25, -0.2) is 13.1 Å². The summed E-state index contributed by atoms with van der Waals surface area (Å²) in [6, 6.07) is 7.78. The summed E-state index contributed by atoms with van der Waals surface area (Å²) in [6.07, 6.45) is -3.57. The Balaban J connectivity index is 2.15. The van der Waals surface area contributed by atoms with Gasteiger partial charge in [0.05, 0.1) is 4.90 Å². The first-order chi connectivity index (χ1) is 10.7. The van der Waals surface area contributed by atoms with Crippen molar-refractivity contribution >= 4 is 15.9 Å². The van der Waals surface area contributed by atoms with Gasteiger partial charge < -0.3 is 4.74 Å². The zero-order valence-electron chi connectivity index (χ0n) is 11.2. The molecular formula is C13H9F3N2O4S. The van der Waals surface area contributed by atoms with E-state index in [2.05, 4.69) is 9.72 Å². The van der Waals surface area contributed by atoms with Gasteiger partial charge in [-0.15, -0.1) is 13.2 Å². The standard InChI is InChI=1S/C13H9F3N2O4S/c14-13(15,16)22-9-4-6-10(7-5-9)23(20,21)18-12(19)11-3-1-2-8-17-11/h1-8H,(H,18,19). The van der Waals surface area contributed by atoms with E-state index in [0.717, 1.165) is 24.3 Å². The number of aromatic nitrogens is 1. The molecule has 122 valence electrons. The molecule has 0 fully saturated rings. The van der Waals surface area contributed by atoms with Crippen LogP contribution in [0.25, 0.3) is 0 Å². The minimum Gasteiger partial charge on any atom is -0.406 e. The number of hydrogen-bond acceptors (Lipinski definition) is 5. The van der Waals surface area contributed by atoms with E-state index in [0.29, 0.717) is 0 Å².